The number of carbonyl (C=O) groups is 1. The van der Waals surface area contributed by atoms with Gasteiger partial charge in [0.25, 0.3) is 5.91 Å². The van der Waals surface area contributed by atoms with Gasteiger partial charge in [0.2, 0.25) is 0 Å². The summed E-state index contributed by atoms with van der Waals surface area (Å²) in [6.07, 6.45) is 2.24. The van der Waals surface area contributed by atoms with Crippen LogP contribution in [0.3, 0.4) is 0 Å². The molecule has 0 spiro atoms. The molecule has 2 rings (SSSR count). The second-order valence-corrected chi connectivity index (χ2v) is 6.79. The Morgan fingerprint density at radius 3 is 2.59 bits per heavy atom. The Balaban J connectivity index is 1.89. The van der Waals surface area contributed by atoms with E-state index in [1.165, 1.54) is 6.20 Å². The fourth-order valence-electron chi connectivity index (χ4n) is 2.48. The highest BCUT2D eigenvalue weighted by molar-refractivity contribution is 9.10. The average Bonchev–Trinajstić information content (AvgIpc) is 2.69. The van der Waals surface area contributed by atoms with Crippen LogP contribution in [0.15, 0.2) is 64.8 Å². The lowest BCUT2D eigenvalue weighted by atomic mass is 10.1. The molecule has 0 bridgehead atoms. The zero-order chi connectivity index (χ0) is 19.6. The van der Waals surface area contributed by atoms with Crippen molar-refractivity contribution in [2.45, 2.75) is 19.4 Å². The Bertz CT molecular complexity index is 841. The van der Waals surface area contributed by atoms with E-state index in [9.17, 15) is 10.1 Å². The fourth-order valence-corrected chi connectivity index (χ4v) is 2.96. The van der Waals surface area contributed by atoms with Gasteiger partial charge in [0, 0.05) is 17.2 Å². The van der Waals surface area contributed by atoms with Gasteiger partial charge in [-0.1, -0.05) is 46.3 Å². The van der Waals surface area contributed by atoms with Crippen molar-refractivity contribution in [2.75, 3.05) is 13.7 Å². The minimum atomic E-state index is -0.408. The van der Waals surface area contributed by atoms with E-state index >= 15 is 0 Å². The van der Waals surface area contributed by atoms with Gasteiger partial charge in [0.05, 0.1) is 13.2 Å². The van der Waals surface area contributed by atoms with Crippen LogP contribution in [-0.2, 0) is 11.2 Å². The maximum absolute atomic E-state index is 12.3. The molecule has 0 aliphatic heterocycles. The summed E-state index contributed by atoms with van der Waals surface area (Å²) < 4.78 is 6.17. The molecule has 2 N–H and O–H groups in total. The minimum absolute atomic E-state index is 0.0440. The van der Waals surface area contributed by atoms with Gasteiger partial charge in [0.1, 0.15) is 17.4 Å². The van der Waals surface area contributed by atoms with Gasteiger partial charge in [-0.15, -0.1) is 0 Å². The summed E-state index contributed by atoms with van der Waals surface area (Å²) in [7, 11) is 1.60. The van der Waals surface area contributed by atoms with Gasteiger partial charge in [-0.2, -0.15) is 5.26 Å². The molecule has 0 radical (unpaired) electrons. The Hall–Kier alpha value is -2.78. The standard InChI is InChI=1S/C21H22BrN3O2/c1-15(16-7-9-19(27-2)10-8-16)25-21(26)18(13-23)14-24-12-11-17-5-3-4-6-20(17)22/h3-10,14-15,24H,11-12H2,1-2H3,(H,25,26)/b18-14-. The van der Waals surface area contributed by atoms with Crippen LogP contribution in [0, 0.1) is 11.3 Å². The van der Waals surface area contributed by atoms with Crippen LogP contribution >= 0.6 is 15.9 Å². The van der Waals surface area contributed by atoms with Crippen molar-refractivity contribution in [1.82, 2.24) is 10.6 Å². The Morgan fingerprint density at radius 1 is 1.26 bits per heavy atom. The van der Waals surface area contributed by atoms with Crippen molar-refractivity contribution in [1.29, 1.82) is 5.26 Å². The first kappa shape index (κ1) is 20.5. The molecule has 0 heterocycles. The zero-order valence-electron chi connectivity index (χ0n) is 15.3. The molecular formula is C21H22BrN3O2. The maximum atomic E-state index is 12.3. The lowest BCUT2D eigenvalue weighted by Gasteiger charge is -2.14. The Kier molecular flexibility index (Phi) is 7.90. The third-order valence-corrected chi connectivity index (χ3v) is 4.85. The lowest BCUT2D eigenvalue weighted by molar-refractivity contribution is -0.117. The molecule has 5 nitrogen and oxygen atoms in total. The highest BCUT2D eigenvalue weighted by Crippen LogP contribution is 2.18. The summed E-state index contributed by atoms with van der Waals surface area (Å²) in [5.41, 5.74) is 2.14. The smallest absolute Gasteiger partial charge is 0.263 e. The monoisotopic (exact) mass is 427 g/mol. The number of carbonyl (C=O) groups excluding carboxylic acids is 1. The SMILES string of the molecule is COc1ccc(C(C)NC(=O)/C(C#N)=C\NCCc2ccccc2Br)cc1. The summed E-state index contributed by atoms with van der Waals surface area (Å²) in [6.45, 7) is 2.49. The molecule has 1 amide bonds. The summed E-state index contributed by atoms with van der Waals surface area (Å²) >= 11 is 3.50. The number of ether oxygens (including phenoxy) is 1. The summed E-state index contributed by atoms with van der Waals surface area (Å²) in [5.74, 6) is 0.346. The minimum Gasteiger partial charge on any atom is -0.497 e. The molecule has 0 aliphatic rings. The number of benzene rings is 2. The molecule has 1 unspecified atom stereocenters. The number of nitriles is 1. The van der Waals surface area contributed by atoms with Gasteiger partial charge in [-0.3, -0.25) is 4.79 Å². The average molecular weight is 428 g/mol. The number of nitrogens with one attached hydrogen (secondary N) is 2. The third-order valence-electron chi connectivity index (χ3n) is 4.07. The normalized spacial score (nSPS) is 12.0. The molecule has 6 heteroatoms. The quantitative estimate of drug-likeness (QED) is 0.380. The molecule has 2 aromatic carbocycles. The Labute approximate surface area is 168 Å². The van der Waals surface area contributed by atoms with E-state index < -0.39 is 5.91 Å². The van der Waals surface area contributed by atoms with Crippen LogP contribution < -0.4 is 15.4 Å². The number of hydrogen-bond acceptors (Lipinski definition) is 4. The van der Waals surface area contributed by atoms with Gasteiger partial charge in [-0.25, -0.2) is 0 Å². The lowest BCUT2D eigenvalue weighted by Crippen LogP contribution is -2.28. The first-order valence-electron chi connectivity index (χ1n) is 8.57. The molecule has 0 saturated carbocycles. The maximum Gasteiger partial charge on any atom is 0.263 e. The van der Waals surface area contributed by atoms with Crippen molar-refractivity contribution >= 4 is 21.8 Å². The highest BCUT2D eigenvalue weighted by Gasteiger charge is 2.13. The number of halogens is 1. The van der Waals surface area contributed by atoms with E-state index in [0.29, 0.717) is 6.54 Å². The fraction of sp³-hybridized carbons (Fsp3) is 0.238. The second-order valence-electron chi connectivity index (χ2n) is 5.93. The van der Waals surface area contributed by atoms with Crippen molar-refractivity contribution in [2.24, 2.45) is 0 Å². The molecule has 0 aromatic heterocycles. The van der Waals surface area contributed by atoms with Crippen LogP contribution in [0.5, 0.6) is 5.75 Å². The van der Waals surface area contributed by atoms with E-state index in [0.717, 1.165) is 27.8 Å². The molecule has 1 atom stereocenters. The van der Waals surface area contributed by atoms with Gasteiger partial charge in [0.15, 0.2) is 0 Å². The van der Waals surface area contributed by atoms with Gasteiger partial charge < -0.3 is 15.4 Å². The van der Waals surface area contributed by atoms with E-state index in [1.807, 2.05) is 61.5 Å². The van der Waals surface area contributed by atoms with Crippen molar-refractivity contribution < 1.29 is 9.53 Å². The van der Waals surface area contributed by atoms with Crippen molar-refractivity contribution in [3.8, 4) is 11.8 Å². The van der Waals surface area contributed by atoms with Gasteiger partial charge in [-0.05, 0) is 42.7 Å². The third kappa shape index (κ3) is 6.15. The van der Waals surface area contributed by atoms with Crippen LogP contribution in [0.1, 0.15) is 24.1 Å². The predicted molar refractivity (Wildman–Crippen MR) is 109 cm³/mol. The molecule has 0 saturated heterocycles. The molecule has 27 heavy (non-hydrogen) atoms. The number of nitrogens with zero attached hydrogens (tertiary/aromatic N) is 1. The predicted octanol–water partition coefficient (Wildman–Crippen LogP) is 3.87. The van der Waals surface area contributed by atoms with Crippen molar-refractivity contribution in [3.05, 3.63) is 75.9 Å². The zero-order valence-corrected chi connectivity index (χ0v) is 16.9. The first-order valence-corrected chi connectivity index (χ1v) is 9.36. The van der Waals surface area contributed by atoms with Crippen LogP contribution in [0.2, 0.25) is 0 Å². The molecule has 0 aliphatic carbocycles. The Morgan fingerprint density at radius 2 is 1.96 bits per heavy atom. The number of amides is 1. The number of rotatable bonds is 8. The second kappa shape index (κ2) is 10.4. The topological polar surface area (TPSA) is 74.1 Å². The molecular weight excluding hydrogens is 406 g/mol. The van der Waals surface area contributed by atoms with Crippen LogP contribution in [0.4, 0.5) is 0 Å². The van der Waals surface area contributed by atoms with E-state index in [4.69, 9.17) is 4.74 Å². The number of hydrogen-bond donors (Lipinski definition) is 2. The molecule has 2 aromatic rings. The van der Waals surface area contributed by atoms with E-state index in [2.05, 4.69) is 26.6 Å². The van der Waals surface area contributed by atoms with Gasteiger partial charge >= 0.3 is 0 Å². The highest BCUT2D eigenvalue weighted by atomic mass is 79.9. The largest absolute Gasteiger partial charge is 0.497 e. The summed E-state index contributed by atoms with van der Waals surface area (Å²) in [6, 6.07) is 17.1. The van der Waals surface area contributed by atoms with Crippen LogP contribution in [-0.4, -0.2) is 19.6 Å². The summed E-state index contributed by atoms with van der Waals surface area (Å²) in [5, 5.41) is 15.1. The molecule has 0 fully saturated rings. The van der Waals surface area contributed by atoms with Crippen LogP contribution in [0.25, 0.3) is 0 Å². The number of methoxy groups -OCH3 is 1. The first-order chi connectivity index (χ1) is 13.0. The van der Waals surface area contributed by atoms with E-state index in [-0.39, 0.29) is 11.6 Å². The van der Waals surface area contributed by atoms with E-state index in [1.54, 1.807) is 7.11 Å². The summed E-state index contributed by atoms with van der Waals surface area (Å²) in [4.78, 5) is 12.3. The van der Waals surface area contributed by atoms with Crippen molar-refractivity contribution in [3.63, 3.8) is 0 Å². The molecule has 140 valence electrons.